The van der Waals surface area contributed by atoms with Crippen molar-refractivity contribution in [2.24, 2.45) is 0 Å². The van der Waals surface area contributed by atoms with Gasteiger partial charge in [-0.2, -0.15) is 0 Å². The van der Waals surface area contributed by atoms with Crippen molar-refractivity contribution in [2.75, 3.05) is 24.3 Å². The van der Waals surface area contributed by atoms with Gasteiger partial charge in [0.15, 0.2) is 11.0 Å². The third kappa shape index (κ3) is 7.71. The molecular weight excluding hydrogens is 603 g/mol. The number of carbonyl (C=O) groups excluding carboxylic acids is 4. The van der Waals surface area contributed by atoms with Crippen LogP contribution in [0.25, 0.3) is 5.69 Å². The third-order valence-electron chi connectivity index (χ3n) is 6.32. The van der Waals surface area contributed by atoms with Crippen molar-refractivity contribution in [1.82, 2.24) is 20.1 Å². The zero-order valence-electron chi connectivity index (χ0n) is 25.1. The van der Waals surface area contributed by atoms with E-state index in [4.69, 9.17) is 9.47 Å². The molecule has 44 heavy (non-hydrogen) atoms. The maximum Gasteiger partial charge on any atom is 0.348 e. The highest BCUT2D eigenvalue weighted by atomic mass is 32.2. The van der Waals surface area contributed by atoms with E-state index in [1.54, 1.807) is 37.5 Å². The maximum atomic E-state index is 13.1. The Balaban J connectivity index is 1.54. The zero-order valence-corrected chi connectivity index (χ0v) is 26.7. The van der Waals surface area contributed by atoms with Gasteiger partial charge in [-0.1, -0.05) is 41.6 Å². The molecule has 0 bridgehead atoms. The molecule has 2 aromatic carbocycles. The van der Waals surface area contributed by atoms with Gasteiger partial charge in [-0.25, -0.2) is 9.59 Å². The number of thioether (sulfide) groups is 1. The molecule has 0 saturated heterocycles. The molecule has 2 N–H and O–H groups in total. The first kappa shape index (κ1) is 32.4. The van der Waals surface area contributed by atoms with Gasteiger partial charge in [-0.05, 0) is 70.0 Å². The van der Waals surface area contributed by atoms with Gasteiger partial charge in [0, 0.05) is 11.3 Å². The lowest BCUT2D eigenvalue weighted by molar-refractivity contribution is -0.113. The second-order valence-corrected chi connectivity index (χ2v) is 11.6. The molecule has 0 radical (unpaired) electrons. The molecule has 11 nitrogen and oxygen atoms in total. The molecule has 0 aliphatic heterocycles. The third-order valence-corrected chi connectivity index (χ3v) is 8.44. The smallest absolute Gasteiger partial charge is 0.348 e. The summed E-state index contributed by atoms with van der Waals surface area (Å²) >= 11 is 2.10. The van der Waals surface area contributed by atoms with Crippen LogP contribution in [0.5, 0.6) is 0 Å². The number of hydrogen-bond acceptors (Lipinski definition) is 10. The molecule has 2 heterocycles. The van der Waals surface area contributed by atoms with Crippen molar-refractivity contribution in [3.8, 4) is 5.69 Å². The average molecular weight is 636 g/mol. The first-order valence-corrected chi connectivity index (χ1v) is 15.7. The molecule has 4 rings (SSSR count). The molecule has 2 amide bonds. The number of rotatable bonds is 12. The topological polar surface area (TPSA) is 142 Å². The number of anilines is 1. The molecule has 0 spiro atoms. The van der Waals surface area contributed by atoms with Gasteiger partial charge in [0.25, 0.3) is 5.91 Å². The van der Waals surface area contributed by atoms with Gasteiger partial charge in [0.1, 0.15) is 9.88 Å². The number of thiophene rings is 1. The van der Waals surface area contributed by atoms with Crippen LogP contribution in [0.15, 0.2) is 53.7 Å². The van der Waals surface area contributed by atoms with Crippen LogP contribution in [0.2, 0.25) is 0 Å². The first-order valence-electron chi connectivity index (χ1n) is 13.9. The van der Waals surface area contributed by atoms with E-state index >= 15 is 0 Å². The molecule has 0 aliphatic rings. The number of aryl methyl sites for hydroxylation is 2. The van der Waals surface area contributed by atoms with Crippen LogP contribution in [0.3, 0.4) is 0 Å². The lowest BCUT2D eigenvalue weighted by Gasteiger charge is -2.12. The van der Waals surface area contributed by atoms with Gasteiger partial charge in [0.2, 0.25) is 5.91 Å². The number of benzene rings is 2. The van der Waals surface area contributed by atoms with E-state index in [0.717, 1.165) is 39.9 Å². The van der Waals surface area contributed by atoms with E-state index in [0.29, 0.717) is 22.1 Å². The van der Waals surface area contributed by atoms with Gasteiger partial charge in [0.05, 0.1) is 31.1 Å². The van der Waals surface area contributed by atoms with Crippen molar-refractivity contribution < 1.29 is 28.7 Å². The molecule has 2 aromatic heterocycles. The summed E-state index contributed by atoms with van der Waals surface area (Å²) < 4.78 is 12.1. The highest BCUT2D eigenvalue weighted by Crippen LogP contribution is 2.35. The maximum absolute atomic E-state index is 13.1. The van der Waals surface area contributed by atoms with E-state index in [1.807, 2.05) is 50.2 Å². The fourth-order valence-corrected chi connectivity index (χ4v) is 6.19. The largest absolute Gasteiger partial charge is 0.462 e. The van der Waals surface area contributed by atoms with Gasteiger partial charge in [-0.15, -0.1) is 21.5 Å². The predicted molar refractivity (Wildman–Crippen MR) is 169 cm³/mol. The Hall–Kier alpha value is -4.49. The number of carbonyl (C=O) groups is 4. The summed E-state index contributed by atoms with van der Waals surface area (Å²) in [5.74, 6) is -1.48. The van der Waals surface area contributed by atoms with Gasteiger partial charge in [-0.3, -0.25) is 14.2 Å². The van der Waals surface area contributed by atoms with E-state index in [1.165, 1.54) is 0 Å². The minimum Gasteiger partial charge on any atom is -0.462 e. The molecule has 0 fully saturated rings. The molecule has 0 saturated carbocycles. The van der Waals surface area contributed by atoms with Crippen LogP contribution in [0.4, 0.5) is 5.00 Å². The van der Waals surface area contributed by atoms with Gasteiger partial charge < -0.3 is 20.1 Å². The summed E-state index contributed by atoms with van der Waals surface area (Å²) in [6.07, 6.45) is 0. The Morgan fingerprint density at radius 3 is 2.27 bits per heavy atom. The molecule has 230 valence electrons. The number of esters is 2. The van der Waals surface area contributed by atoms with Crippen LogP contribution in [0.1, 0.15) is 66.7 Å². The Morgan fingerprint density at radius 1 is 0.909 bits per heavy atom. The Kier molecular flexibility index (Phi) is 10.9. The summed E-state index contributed by atoms with van der Waals surface area (Å²) in [4.78, 5) is 51.3. The van der Waals surface area contributed by atoms with Crippen molar-refractivity contribution >= 4 is 51.9 Å². The van der Waals surface area contributed by atoms with Crippen molar-refractivity contribution in [3.63, 3.8) is 0 Å². The fraction of sp³-hybridized carbons (Fsp3) is 0.290. The molecule has 0 atom stereocenters. The summed E-state index contributed by atoms with van der Waals surface area (Å²) in [6.45, 7) is 9.26. The number of hydrogen-bond donors (Lipinski definition) is 2. The highest BCUT2D eigenvalue weighted by molar-refractivity contribution is 7.99. The number of aromatic nitrogens is 3. The number of nitrogens with one attached hydrogen (secondary N) is 2. The standard InChI is InChI=1S/C31H33N5O6S2/c1-6-41-29(39)25-20(5)26(30(40)42-7-2)44-28(25)33-24(37)17-43-31-35-34-23(36(31)22-13-9-11-19(4)15-22)16-32-27(38)21-12-8-10-18(3)14-21/h8-15H,6-7,16-17H2,1-5H3,(H,32,38)(H,33,37). The van der Waals surface area contributed by atoms with E-state index in [2.05, 4.69) is 20.8 Å². The van der Waals surface area contributed by atoms with Crippen LogP contribution >= 0.6 is 23.1 Å². The molecule has 13 heteroatoms. The Labute approximate surface area is 263 Å². The number of nitrogens with zero attached hydrogens (tertiary/aromatic N) is 3. The first-order chi connectivity index (χ1) is 21.1. The normalized spacial score (nSPS) is 10.8. The van der Waals surface area contributed by atoms with Crippen molar-refractivity contribution in [2.45, 2.75) is 46.3 Å². The van der Waals surface area contributed by atoms with E-state index < -0.39 is 17.8 Å². The molecule has 0 unspecified atom stereocenters. The zero-order chi connectivity index (χ0) is 31.8. The SMILES string of the molecule is CCOC(=O)c1sc(NC(=O)CSc2nnc(CNC(=O)c3cccc(C)c3)n2-c2cccc(C)c2)c(C(=O)OCC)c1C. The van der Waals surface area contributed by atoms with E-state index in [-0.39, 0.29) is 46.9 Å². The van der Waals surface area contributed by atoms with Crippen LogP contribution < -0.4 is 10.6 Å². The lowest BCUT2D eigenvalue weighted by Crippen LogP contribution is -2.24. The van der Waals surface area contributed by atoms with Crippen LogP contribution in [-0.4, -0.2) is 57.5 Å². The summed E-state index contributed by atoms with van der Waals surface area (Å²) in [7, 11) is 0. The second-order valence-electron chi connectivity index (χ2n) is 9.66. The Morgan fingerprint density at radius 2 is 1.59 bits per heavy atom. The van der Waals surface area contributed by atoms with Crippen molar-refractivity contribution in [1.29, 1.82) is 0 Å². The monoisotopic (exact) mass is 635 g/mol. The fourth-order valence-electron chi connectivity index (χ4n) is 4.32. The summed E-state index contributed by atoms with van der Waals surface area (Å²) in [5, 5.41) is 14.9. The highest BCUT2D eigenvalue weighted by Gasteiger charge is 2.27. The lowest BCUT2D eigenvalue weighted by atomic mass is 10.1. The minimum atomic E-state index is -0.642. The molecular formula is C31H33N5O6S2. The molecule has 0 aliphatic carbocycles. The predicted octanol–water partition coefficient (Wildman–Crippen LogP) is 5.27. The minimum absolute atomic E-state index is 0.0758. The van der Waals surface area contributed by atoms with Crippen LogP contribution in [0, 0.1) is 20.8 Å². The Bertz CT molecular complexity index is 1700. The van der Waals surface area contributed by atoms with Crippen LogP contribution in [-0.2, 0) is 20.8 Å². The number of ether oxygens (including phenoxy) is 2. The summed E-state index contributed by atoms with van der Waals surface area (Å²) in [5.41, 5.74) is 3.79. The quantitative estimate of drug-likeness (QED) is 0.157. The molecule has 4 aromatic rings. The second kappa shape index (κ2) is 14.8. The number of amides is 2. The van der Waals surface area contributed by atoms with E-state index in [9.17, 15) is 19.2 Å². The average Bonchev–Trinajstić information content (AvgIpc) is 3.55. The van der Waals surface area contributed by atoms with Gasteiger partial charge >= 0.3 is 11.9 Å². The summed E-state index contributed by atoms with van der Waals surface area (Å²) in [6, 6.07) is 15.0. The van der Waals surface area contributed by atoms with Crippen molar-refractivity contribution in [3.05, 3.63) is 87.0 Å².